The van der Waals surface area contributed by atoms with E-state index in [-0.39, 0.29) is 12.1 Å². The van der Waals surface area contributed by atoms with E-state index in [1.54, 1.807) is 0 Å². The second kappa shape index (κ2) is 5.66. The van der Waals surface area contributed by atoms with Crippen LogP contribution in [0.25, 0.3) is 0 Å². The van der Waals surface area contributed by atoms with Crippen LogP contribution in [0, 0.1) is 0 Å². The molecule has 0 amide bonds. The van der Waals surface area contributed by atoms with E-state index >= 15 is 0 Å². The Morgan fingerprint density at radius 2 is 2.00 bits per heavy atom. The SMILES string of the molecule is O=P([O-])(O)O.[NH3+][C@@H]1CCOCC1O. The molecule has 0 aromatic rings. The van der Waals surface area contributed by atoms with Crippen molar-refractivity contribution in [1.29, 1.82) is 0 Å². The van der Waals surface area contributed by atoms with Gasteiger partial charge in [0, 0.05) is 6.42 Å². The van der Waals surface area contributed by atoms with Gasteiger partial charge in [-0.25, -0.2) is 0 Å². The van der Waals surface area contributed by atoms with E-state index in [4.69, 9.17) is 29.1 Å². The molecule has 80 valence electrons. The lowest BCUT2D eigenvalue weighted by Crippen LogP contribution is -2.68. The van der Waals surface area contributed by atoms with Crippen molar-refractivity contribution in [3.63, 3.8) is 0 Å². The average molecular weight is 215 g/mol. The lowest BCUT2D eigenvalue weighted by atomic mass is 10.1. The summed E-state index contributed by atoms with van der Waals surface area (Å²) in [6.45, 7) is 1.22. The van der Waals surface area contributed by atoms with Crippen LogP contribution in [0.1, 0.15) is 6.42 Å². The summed E-state index contributed by atoms with van der Waals surface area (Å²) < 4.78 is 13.7. The smallest absolute Gasteiger partial charge is 0.262 e. The Morgan fingerprint density at radius 3 is 2.23 bits per heavy atom. The topological polar surface area (TPSA) is 138 Å². The van der Waals surface area contributed by atoms with E-state index in [0.29, 0.717) is 6.61 Å². The Hall–Kier alpha value is -0.0100. The van der Waals surface area contributed by atoms with Crippen LogP contribution >= 0.6 is 7.82 Å². The van der Waals surface area contributed by atoms with Gasteiger partial charge in [0.05, 0.1) is 13.2 Å². The van der Waals surface area contributed by atoms with Crippen LogP contribution in [-0.4, -0.2) is 40.3 Å². The van der Waals surface area contributed by atoms with Gasteiger partial charge >= 0.3 is 0 Å². The first kappa shape index (κ1) is 13.0. The summed E-state index contributed by atoms with van der Waals surface area (Å²) in [5.41, 5.74) is 3.75. The molecule has 1 heterocycles. The number of quaternary nitrogens is 1. The molecule has 0 saturated carbocycles. The molecule has 0 radical (unpaired) electrons. The molecule has 7 nitrogen and oxygen atoms in total. The van der Waals surface area contributed by atoms with Crippen molar-refractivity contribution in [1.82, 2.24) is 0 Å². The standard InChI is InChI=1S/C5H11NO2.H3O4P/c6-4-1-2-8-3-5(4)7;1-5(2,3)4/h4-5,7H,1-3,6H2;(H3,1,2,3,4)/t4-,5?;/m1./s1. The summed E-state index contributed by atoms with van der Waals surface area (Å²) in [6, 6.07) is 0.184. The van der Waals surface area contributed by atoms with Gasteiger partial charge in [0.15, 0.2) is 0 Å². The number of ether oxygens (including phenoxy) is 1. The number of aliphatic hydroxyl groups excluding tert-OH is 1. The van der Waals surface area contributed by atoms with Gasteiger partial charge in [0.2, 0.25) is 0 Å². The minimum absolute atomic E-state index is 0.184. The largest absolute Gasteiger partial charge is 0.756 e. The van der Waals surface area contributed by atoms with E-state index < -0.39 is 7.82 Å². The van der Waals surface area contributed by atoms with Gasteiger partial charge in [0.25, 0.3) is 7.82 Å². The van der Waals surface area contributed by atoms with Gasteiger partial charge in [-0.1, -0.05) is 0 Å². The number of hydrogen-bond acceptors (Lipinski definition) is 4. The maximum Gasteiger partial charge on any atom is 0.262 e. The van der Waals surface area contributed by atoms with E-state index in [2.05, 4.69) is 5.73 Å². The van der Waals surface area contributed by atoms with Gasteiger partial charge in [-0.15, -0.1) is 0 Å². The first-order valence-corrected chi connectivity index (χ1v) is 5.19. The lowest BCUT2D eigenvalue weighted by Gasteiger charge is -2.20. The highest BCUT2D eigenvalue weighted by atomic mass is 31.2. The highest BCUT2D eigenvalue weighted by molar-refractivity contribution is 7.43. The molecule has 13 heavy (non-hydrogen) atoms. The number of rotatable bonds is 0. The molecule has 0 aromatic heterocycles. The van der Waals surface area contributed by atoms with Gasteiger partial charge in [-0.2, -0.15) is 0 Å². The van der Waals surface area contributed by atoms with Crippen LogP contribution < -0.4 is 10.6 Å². The van der Waals surface area contributed by atoms with Gasteiger partial charge < -0.3 is 30.3 Å². The zero-order valence-electron chi connectivity index (χ0n) is 7.00. The van der Waals surface area contributed by atoms with Crippen molar-refractivity contribution < 1.29 is 34.8 Å². The van der Waals surface area contributed by atoms with Crippen LogP contribution in [0.2, 0.25) is 0 Å². The van der Waals surface area contributed by atoms with E-state index in [9.17, 15) is 0 Å². The highest BCUT2D eigenvalue weighted by Gasteiger charge is 2.22. The first-order chi connectivity index (χ1) is 5.80. The second-order valence-corrected chi connectivity index (χ2v) is 3.66. The van der Waals surface area contributed by atoms with Crippen molar-refractivity contribution >= 4 is 7.82 Å². The van der Waals surface area contributed by atoms with Crippen molar-refractivity contribution in [3.05, 3.63) is 0 Å². The Labute approximate surface area is 75.4 Å². The van der Waals surface area contributed by atoms with Crippen LogP contribution in [0.4, 0.5) is 0 Å². The molecular weight excluding hydrogens is 201 g/mol. The van der Waals surface area contributed by atoms with Crippen LogP contribution in [-0.2, 0) is 9.30 Å². The predicted molar refractivity (Wildman–Crippen MR) is 40.2 cm³/mol. The Morgan fingerprint density at radius 1 is 1.54 bits per heavy atom. The summed E-state index contributed by atoms with van der Waals surface area (Å²) in [7, 11) is -4.89. The molecule has 8 heteroatoms. The first-order valence-electron chi connectivity index (χ1n) is 3.66. The zero-order valence-corrected chi connectivity index (χ0v) is 7.89. The van der Waals surface area contributed by atoms with E-state index in [1.165, 1.54) is 0 Å². The molecule has 1 aliphatic heterocycles. The van der Waals surface area contributed by atoms with Gasteiger partial charge in [-0.3, -0.25) is 4.57 Å². The molecule has 1 fully saturated rings. The summed E-state index contributed by atoms with van der Waals surface area (Å²) >= 11 is 0. The summed E-state index contributed by atoms with van der Waals surface area (Å²) in [5, 5.41) is 8.99. The third-order valence-corrected chi connectivity index (χ3v) is 1.47. The average Bonchev–Trinajstić information content (AvgIpc) is 1.92. The van der Waals surface area contributed by atoms with Gasteiger partial charge in [0.1, 0.15) is 12.1 Å². The Bertz CT molecular complexity index is 164. The van der Waals surface area contributed by atoms with Crippen LogP contribution in [0.15, 0.2) is 0 Å². The molecule has 1 unspecified atom stereocenters. The molecule has 1 rings (SSSR count). The number of phosphoric acid groups is 1. The quantitative estimate of drug-likeness (QED) is 0.314. The molecule has 0 spiro atoms. The van der Waals surface area contributed by atoms with Crippen LogP contribution in [0.5, 0.6) is 0 Å². The highest BCUT2D eigenvalue weighted by Crippen LogP contribution is 2.18. The second-order valence-electron chi connectivity index (χ2n) is 2.68. The minimum Gasteiger partial charge on any atom is -0.756 e. The third kappa shape index (κ3) is 9.91. The lowest BCUT2D eigenvalue weighted by molar-refractivity contribution is -0.448. The monoisotopic (exact) mass is 215 g/mol. The maximum absolute atomic E-state index is 8.99. The van der Waals surface area contributed by atoms with Gasteiger partial charge in [-0.05, 0) is 0 Å². The molecule has 2 atom stereocenters. The molecule has 1 saturated heterocycles. The fraction of sp³-hybridized carbons (Fsp3) is 1.00. The van der Waals surface area contributed by atoms with Crippen molar-refractivity contribution in [3.8, 4) is 0 Å². The predicted octanol–water partition coefficient (Wildman–Crippen LogP) is -3.18. The molecule has 0 aromatic carbocycles. The maximum atomic E-state index is 8.99. The molecule has 6 N–H and O–H groups in total. The summed E-state index contributed by atoms with van der Waals surface area (Å²) in [4.78, 5) is 22.9. The Kier molecular flexibility index (Phi) is 5.66. The third-order valence-electron chi connectivity index (χ3n) is 1.47. The van der Waals surface area contributed by atoms with Crippen molar-refractivity contribution in [2.45, 2.75) is 18.6 Å². The molecule has 0 bridgehead atoms. The number of aliphatic hydroxyl groups is 1. The normalized spacial score (nSPS) is 29.0. The molecular formula is C5H14NO6P. The summed E-state index contributed by atoms with van der Waals surface area (Å²) in [6.07, 6.45) is 0.560. The van der Waals surface area contributed by atoms with E-state index in [0.717, 1.165) is 13.0 Å². The van der Waals surface area contributed by atoms with E-state index in [1.807, 2.05) is 0 Å². The van der Waals surface area contributed by atoms with Crippen molar-refractivity contribution in [2.75, 3.05) is 13.2 Å². The fourth-order valence-electron chi connectivity index (χ4n) is 0.767. The molecule has 1 aliphatic rings. The Balaban J connectivity index is 0.000000252. The fourth-order valence-corrected chi connectivity index (χ4v) is 0.767. The number of hydrogen-bond donors (Lipinski definition) is 4. The zero-order chi connectivity index (χ0) is 10.5. The minimum atomic E-state index is -4.89. The molecule has 0 aliphatic carbocycles. The van der Waals surface area contributed by atoms with Crippen molar-refractivity contribution in [2.24, 2.45) is 0 Å². The van der Waals surface area contributed by atoms with Crippen LogP contribution in [0.3, 0.4) is 0 Å². The summed E-state index contributed by atoms with van der Waals surface area (Å²) in [5.74, 6) is 0.